The van der Waals surface area contributed by atoms with Crippen molar-refractivity contribution in [2.24, 2.45) is 0 Å². The molecule has 0 aliphatic carbocycles. The fraction of sp³-hybridized carbons (Fsp3) is 0.333. The molecule has 0 N–H and O–H groups in total. The molecule has 90 valence electrons. The normalized spacial score (nSPS) is 14.4. The molecule has 2 heteroatoms. The molecule has 2 nitrogen and oxygen atoms in total. The first-order chi connectivity index (χ1) is 8.33. The zero-order valence-corrected chi connectivity index (χ0v) is 10.5. The van der Waals surface area contributed by atoms with E-state index in [4.69, 9.17) is 0 Å². The molecule has 0 spiro atoms. The van der Waals surface area contributed by atoms with Crippen molar-refractivity contribution in [2.75, 3.05) is 18.1 Å². The molecule has 0 amide bonds. The summed E-state index contributed by atoms with van der Waals surface area (Å²) < 4.78 is 0. The van der Waals surface area contributed by atoms with Gasteiger partial charge in [0.2, 0.25) is 0 Å². The van der Waals surface area contributed by atoms with Crippen molar-refractivity contribution in [2.45, 2.75) is 19.8 Å². The average Bonchev–Trinajstić information content (AvgIpc) is 2.85. The number of nitrogens with zero attached hydrogens (tertiary/aromatic N) is 2. The number of hydrogen-bond donors (Lipinski definition) is 0. The minimum atomic E-state index is 0.966. The first-order valence-electron chi connectivity index (χ1n) is 6.25. The molecule has 0 atom stereocenters. The number of hydrogen-bond acceptors (Lipinski definition) is 2. The second kappa shape index (κ2) is 5.58. The SMILES string of the molecule is C=Cc1ccc(N2C=CN(CCCC)C2)cc1. The lowest BCUT2D eigenvalue weighted by Crippen LogP contribution is -2.25. The predicted octanol–water partition coefficient (Wildman–Crippen LogP) is 3.68. The predicted molar refractivity (Wildman–Crippen MR) is 74.6 cm³/mol. The average molecular weight is 228 g/mol. The van der Waals surface area contributed by atoms with Gasteiger partial charge in [0, 0.05) is 24.6 Å². The lowest BCUT2D eigenvalue weighted by Gasteiger charge is -2.21. The molecule has 17 heavy (non-hydrogen) atoms. The highest BCUT2D eigenvalue weighted by Gasteiger charge is 2.12. The molecule has 2 rings (SSSR count). The van der Waals surface area contributed by atoms with Gasteiger partial charge in [-0.3, -0.25) is 0 Å². The van der Waals surface area contributed by atoms with Gasteiger partial charge in [-0.1, -0.05) is 38.1 Å². The van der Waals surface area contributed by atoms with Crippen LogP contribution in [0.4, 0.5) is 5.69 Å². The van der Waals surface area contributed by atoms with E-state index in [1.54, 1.807) is 0 Å². The summed E-state index contributed by atoms with van der Waals surface area (Å²) in [5.41, 5.74) is 2.41. The molecule has 0 radical (unpaired) electrons. The molecule has 1 aliphatic heterocycles. The third-order valence-corrected chi connectivity index (χ3v) is 3.05. The quantitative estimate of drug-likeness (QED) is 0.758. The van der Waals surface area contributed by atoms with Crippen LogP contribution in [0.1, 0.15) is 25.3 Å². The molecule has 0 unspecified atom stereocenters. The van der Waals surface area contributed by atoms with E-state index in [-0.39, 0.29) is 0 Å². The van der Waals surface area contributed by atoms with E-state index in [0.29, 0.717) is 0 Å². The third kappa shape index (κ3) is 2.90. The molecule has 1 heterocycles. The zero-order chi connectivity index (χ0) is 12.1. The van der Waals surface area contributed by atoms with Gasteiger partial charge in [-0.2, -0.15) is 0 Å². The Kier molecular flexibility index (Phi) is 3.86. The van der Waals surface area contributed by atoms with Gasteiger partial charge in [-0.05, 0) is 24.1 Å². The zero-order valence-electron chi connectivity index (χ0n) is 10.5. The Hall–Kier alpha value is -1.70. The Morgan fingerprint density at radius 2 is 2.00 bits per heavy atom. The molecule has 1 aromatic rings. The summed E-state index contributed by atoms with van der Waals surface area (Å²) in [5.74, 6) is 0. The maximum absolute atomic E-state index is 3.77. The number of rotatable bonds is 5. The lowest BCUT2D eigenvalue weighted by molar-refractivity contribution is 0.396. The highest BCUT2D eigenvalue weighted by atomic mass is 15.3. The van der Waals surface area contributed by atoms with Crippen LogP contribution in [0, 0.1) is 0 Å². The minimum Gasteiger partial charge on any atom is -0.358 e. The van der Waals surface area contributed by atoms with Crippen molar-refractivity contribution in [1.82, 2.24) is 4.90 Å². The van der Waals surface area contributed by atoms with Gasteiger partial charge in [0.05, 0.1) is 6.67 Å². The van der Waals surface area contributed by atoms with Gasteiger partial charge in [0.25, 0.3) is 0 Å². The van der Waals surface area contributed by atoms with Crippen molar-refractivity contribution in [3.8, 4) is 0 Å². The molecule has 0 saturated heterocycles. The lowest BCUT2D eigenvalue weighted by atomic mass is 10.2. The Balaban J connectivity index is 1.95. The Labute approximate surface area is 104 Å². The summed E-state index contributed by atoms with van der Waals surface area (Å²) >= 11 is 0. The second-order valence-electron chi connectivity index (χ2n) is 4.37. The van der Waals surface area contributed by atoms with E-state index in [2.05, 4.69) is 60.0 Å². The van der Waals surface area contributed by atoms with Crippen LogP contribution in [0.3, 0.4) is 0 Å². The van der Waals surface area contributed by atoms with Crippen molar-refractivity contribution in [3.63, 3.8) is 0 Å². The van der Waals surface area contributed by atoms with Gasteiger partial charge >= 0.3 is 0 Å². The Morgan fingerprint density at radius 1 is 1.24 bits per heavy atom. The molecular formula is C15H20N2. The summed E-state index contributed by atoms with van der Waals surface area (Å²) in [6.07, 6.45) is 8.71. The van der Waals surface area contributed by atoms with Crippen LogP contribution in [0.25, 0.3) is 6.08 Å². The van der Waals surface area contributed by atoms with Gasteiger partial charge < -0.3 is 9.80 Å². The Morgan fingerprint density at radius 3 is 2.65 bits per heavy atom. The van der Waals surface area contributed by atoms with Gasteiger partial charge in [-0.25, -0.2) is 0 Å². The van der Waals surface area contributed by atoms with Crippen LogP contribution >= 0.6 is 0 Å². The maximum atomic E-state index is 3.77. The number of benzene rings is 1. The summed E-state index contributed by atoms with van der Waals surface area (Å²) in [6.45, 7) is 8.11. The maximum Gasteiger partial charge on any atom is 0.0941 e. The first kappa shape index (κ1) is 11.8. The molecule has 0 saturated carbocycles. The van der Waals surface area contributed by atoms with Gasteiger partial charge in [0.15, 0.2) is 0 Å². The van der Waals surface area contributed by atoms with Crippen LogP contribution in [-0.2, 0) is 0 Å². The molecule has 0 aromatic heterocycles. The largest absolute Gasteiger partial charge is 0.358 e. The van der Waals surface area contributed by atoms with Crippen LogP contribution in [-0.4, -0.2) is 18.1 Å². The highest BCUT2D eigenvalue weighted by Crippen LogP contribution is 2.20. The summed E-state index contributed by atoms with van der Waals surface area (Å²) in [5, 5.41) is 0. The van der Waals surface area contributed by atoms with E-state index < -0.39 is 0 Å². The van der Waals surface area contributed by atoms with Crippen LogP contribution < -0.4 is 4.90 Å². The van der Waals surface area contributed by atoms with Gasteiger partial charge in [-0.15, -0.1) is 0 Å². The second-order valence-corrected chi connectivity index (χ2v) is 4.37. The standard InChI is InChI=1S/C15H20N2/c1-3-5-10-16-11-12-17(13-16)15-8-6-14(4-2)7-9-15/h4,6-9,11-12H,2-3,5,10,13H2,1H3. The van der Waals surface area contributed by atoms with Crippen LogP contribution in [0.15, 0.2) is 43.2 Å². The smallest absolute Gasteiger partial charge is 0.0941 e. The topological polar surface area (TPSA) is 6.48 Å². The van der Waals surface area contributed by atoms with Crippen molar-refractivity contribution < 1.29 is 0 Å². The number of anilines is 1. The molecular weight excluding hydrogens is 208 g/mol. The highest BCUT2D eigenvalue weighted by molar-refractivity contribution is 5.56. The summed E-state index contributed by atoms with van der Waals surface area (Å²) in [7, 11) is 0. The van der Waals surface area contributed by atoms with Crippen molar-refractivity contribution in [1.29, 1.82) is 0 Å². The van der Waals surface area contributed by atoms with Gasteiger partial charge in [0.1, 0.15) is 0 Å². The van der Waals surface area contributed by atoms with E-state index in [0.717, 1.165) is 13.2 Å². The Bertz CT molecular complexity index is 392. The minimum absolute atomic E-state index is 0.966. The summed E-state index contributed by atoms with van der Waals surface area (Å²) in [6, 6.07) is 8.49. The first-order valence-corrected chi connectivity index (χ1v) is 6.25. The summed E-state index contributed by atoms with van der Waals surface area (Å²) in [4.78, 5) is 4.62. The number of unbranched alkanes of at least 4 members (excludes halogenated alkanes) is 1. The van der Waals surface area contributed by atoms with E-state index in [1.165, 1.54) is 24.1 Å². The fourth-order valence-corrected chi connectivity index (χ4v) is 1.94. The van der Waals surface area contributed by atoms with E-state index in [9.17, 15) is 0 Å². The molecule has 1 aliphatic rings. The molecule has 0 fully saturated rings. The molecule has 0 bridgehead atoms. The fourth-order valence-electron chi connectivity index (χ4n) is 1.94. The van der Waals surface area contributed by atoms with Crippen molar-refractivity contribution >= 4 is 11.8 Å². The van der Waals surface area contributed by atoms with E-state index >= 15 is 0 Å². The molecule has 1 aromatic carbocycles. The monoisotopic (exact) mass is 228 g/mol. The van der Waals surface area contributed by atoms with Crippen LogP contribution in [0.5, 0.6) is 0 Å². The van der Waals surface area contributed by atoms with E-state index in [1.807, 2.05) is 6.08 Å². The third-order valence-electron chi connectivity index (χ3n) is 3.05. The van der Waals surface area contributed by atoms with Crippen LogP contribution in [0.2, 0.25) is 0 Å². The van der Waals surface area contributed by atoms with Crippen molar-refractivity contribution in [3.05, 3.63) is 48.8 Å².